The Balaban J connectivity index is 1.40. The van der Waals surface area contributed by atoms with Gasteiger partial charge < -0.3 is 20.1 Å². The lowest BCUT2D eigenvalue weighted by Gasteiger charge is -2.10. The van der Waals surface area contributed by atoms with E-state index >= 15 is 0 Å². The van der Waals surface area contributed by atoms with Gasteiger partial charge in [-0.1, -0.05) is 39.4 Å². The number of aromatic hydroxyl groups is 1. The van der Waals surface area contributed by atoms with Crippen LogP contribution in [0.15, 0.2) is 59.1 Å². The summed E-state index contributed by atoms with van der Waals surface area (Å²) in [5, 5.41) is 25.7. The van der Waals surface area contributed by atoms with Gasteiger partial charge in [0, 0.05) is 34.2 Å². The average molecular weight is 579 g/mol. The highest BCUT2D eigenvalue weighted by Crippen LogP contribution is 2.36. The molecule has 0 aliphatic heterocycles. The van der Waals surface area contributed by atoms with Crippen LogP contribution in [-0.4, -0.2) is 37.5 Å². The summed E-state index contributed by atoms with van der Waals surface area (Å²) in [4.78, 5) is 40.9. The molecule has 2 aromatic heterocycles. The predicted molar refractivity (Wildman–Crippen MR) is 146 cm³/mol. The van der Waals surface area contributed by atoms with Gasteiger partial charge in [-0.05, 0) is 48.9 Å². The van der Waals surface area contributed by atoms with Gasteiger partial charge in [0.05, 0.1) is 21.4 Å². The Hall–Kier alpha value is -4.22. The maximum absolute atomic E-state index is 12.6. The van der Waals surface area contributed by atoms with Crippen molar-refractivity contribution in [2.24, 2.45) is 7.05 Å². The summed E-state index contributed by atoms with van der Waals surface area (Å²) in [5.41, 5.74) is 3.92. The van der Waals surface area contributed by atoms with E-state index in [4.69, 9.17) is 0 Å². The number of carboxylic acid groups (broad SMARTS) is 1. The third-order valence-corrected chi connectivity index (χ3v) is 7.40. The molecule has 4 N–H and O–H groups in total. The van der Waals surface area contributed by atoms with Crippen LogP contribution in [-0.2, 0) is 16.6 Å². The molecule has 0 fully saturated rings. The highest BCUT2D eigenvalue weighted by atomic mass is 79.9. The maximum atomic E-state index is 12.6. The number of aromatic carboxylic acids is 1. The van der Waals surface area contributed by atoms with Crippen molar-refractivity contribution in [2.75, 3.05) is 10.6 Å². The second-order valence-corrected chi connectivity index (χ2v) is 10.3. The Morgan fingerprint density at radius 3 is 2.54 bits per heavy atom. The molecule has 0 atom stereocenters. The zero-order valence-corrected chi connectivity index (χ0v) is 21.9. The molecule has 186 valence electrons. The number of halogens is 1. The van der Waals surface area contributed by atoms with Gasteiger partial charge in [-0.25, -0.2) is 9.78 Å². The molecule has 5 aromatic rings. The number of carbonyl (C=O) groups is 3. The molecule has 11 heteroatoms. The van der Waals surface area contributed by atoms with Crippen LogP contribution >= 0.6 is 27.3 Å². The number of amides is 2. The summed E-state index contributed by atoms with van der Waals surface area (Å²) in [6, 6.07) is 15.4. The van der Waals surface area contributed by atoms with Gasteiger partial charge in [0.1, 0.15) is 11.3 Å². The van der Waals surface area contributed by atoms with Crippen molar-refractivity contribution in [2.45, 2.75) is 6.92 Å². The Morgan fingerprint density at radius 1 is 1.03 bits per heavy atom. The van der Waals surface area contributed by atoms with E-state index in [1.54, 1.807) is 25.2 Å². The van der Waals surface area contributed by atoms with Crippen LogP contribution in [0, 0.1) is 6.92 Å². The summed E-state index contributed by atoms with van der Waals surface area (Å²) >= 11 is 4.66. The average Bonchev–Trinajstić information content (AvgIpc) is 3.35. The fraction of sp³-hybridized carbons (Fsp3) is 0.0769. The topological polar surface area (TPSA) is 134 Å². The predicted octanol–water partition coefficient (Wildman–Crippen LogP) is 5.51. The molecule has 0 spiro atoms. The minimum absolute atomic E-state index is 0.180. The van der Waals surface area contributed by atoms with Gasteiger partial charge in [-0.3, -0.25) is 14.9 Å². The van der Waals surface area contributed by atoms with Gasteiger partial charge in [0.15, 0.2) is 5.13 Å². The van der Waals surface area contributed by atoms with E-state index in [1.807, 2.05) is 35.8 Å². The number of nitrogens with zero attached hydrogens (tertiary/aromatic N) is 2. The van der Waals surface area contributed by atoms with Gasteiger partial charge >= 0.3 is 17.8 Å². The zero-order chi connectivity index (χ0) is 26.4. The Bertz CT molecular complexity index is 1760. The molecule has 9 nitrogen and oxygen atoms in total. The number of carboxylic acids is 1. The second kappa shape index (κ2) is 9.34. The van der Waals surface area contributed by atoms with Crippen LogP contribution in [0.5, 0.6) is 5.75 Å². The van der Waals surface area contributed by atoms with E-state index in [9.17, 15) is 24.6 Å². The van der Waals surface area contributed by atoms with E-state index < -0.39 is 17.8 Å². The molecule has 0 bridgehead atoms. The summed E-state index contributed by atoms with van der Waals surface area (Å²) < 4.78 is 3.60. The Labute approximate surface area is 222 Å². The molecule has 0 aliphatic carbocycles. The first-order valence-electron chi connectivity index (χ1n) is 11.0. The molecule has 0 saturated carbocycles. The lowest BCUT2D eigenvalue weighted by Crippen LogP contribution is -2.29. The van der Waals surface area contributed by atoms with Crippen LogP contribution in [0.4, 0.5) is 10.8 Å². The third-order valence-electron chi connectivity index (χ3n) is 5.97. The van der Waals surface area contributed by atoms with E-state index in [-0.39, 0.29) is 11.3 Å². The van der Waals surface area contributed by atoms with E-state index in [0.717, 1.165) is 26.0 Å². The zero-order valence-electron chi connectivity index (χ0n) is 19.5. The molecule has 2 heterocycles. The number of aryl methyl sites for hydroxylation is 2. The van der Waals surface area contributed by atoms with Crippen molar-refractivity contribution in [3.05, 3.63) is 70.2 Å². The number of rotatable bonds is 4. The second-order valence-electron chi connectivity index (χ2n) is 8.34. The van der Waals surface area contributed by atoms with Gasteiger partial charge in [-0.15, -0.1) is 0 Å². The van der Waals surface area contributed by atoms with Gasteiger partial charge in [0.2, 0.25) is 0 Å². The normalized spacial score (nSPS) is 11.1. The molecule has 37 heavy (non-hydrogen) atoms. The Kier molecular flexibility index (Phi) is 6.18. The minimum atomic E-state index is -1.22. The number of anilines is 2. The van der Waals surface area contributed by atoms with Crippen molar-refractivity contribution in [1.82, 2.24) is 9.55 Å². The molecular formula is C26H19BrN4O5S. The SMILES string of the molecule is Cc1c(-c2cccc(NC(=O)C(=O)Nc3nc4ccc(Br)cc4s3)c2)n(C)c2cc(O)c(C(=O)O)cc12. The quantitative estimate of drug-likeness (QED) is 0.208. The number of thiazole rings is 1. The number of hydrogen-bond donors (Lipinski definition) is 4. The number of carbonyl (C=O) groups excluding carboxylic acids is 2. The minimum Gasteiger partial charge on any atom is -0.507 e. The van der Waals surface area contributed by atoms with Crippen LogP contribution < -0.4 is 10.6 Å². The van der Waals surface area contributed by atoms with Crippen LogP contribution in [0.3, 0.4) is 0 Å². The lowest BCUT2D eigenvalue weighted by molar-refractivity contribution is -0.132. The van der Waals surface area contributed by atoms with Crippen LogP contribution in [0.2, 0.25) is 0 Å². The Morgan fingerprint density at radius 2 is 1.78 bits per heavy atom. The fourth-order valence-electron chi connectivity index (χ4n) is 4.27. The number of nitrogens with one attached hydrogen (secondary N) is 2. The molecule has 0 saturated heterocycles. The van der Waals surface area contributed by atoms with Crippen molar-refractivity contribution >= 4 is 77.0 Å². The van der Waals surface area contributed by atoms with Crippen LogP contribution in [0.25, 0.3) is 32.4 Å². The van der Waals surface area contributed by atoms with E-state index in [1.165, 1.54) is 23.5 Å². The first kappa shape index (κ1) is 24.5. The summed E-state index contributed by atoms with van der Waals surface area (Å²) in [6.45, 7) is 1.86. The van der Waals surface area contributed by atoms with Crippen molar-refractivity contribution < 1.29 is 24.6 Å². The highest BCUT2D eigenvalue weighted by Gasteiger charge is 2.20. The molecular weight excluding hydrogens is 560 g/mol. The number of benzene rings is 3. The molecule has 0 unspecified atom stereocenters. The lowest BCUT2D eigenvalue weighted by atomic mass is 10.0. The van der Waals surface area contributed by atoms with Crippen molar-refractivity contribution in [3.63, 3.8) is 0 Å². The number of fused-ring (bicyclic) bond motifs is 2. The van der Waals surface area contributed by atoms with Crippen molar-refractivity contribution in [3.8, 4) is 17.0 Å². The molecule has 5 rings (SSSR count). The number of aromatic nitrogens is 2. The maximum Gasteiger partial charge on any atom is 0.339 e. The summed E-state index contributed by atoms with van der Waals surface area (Å²) in [6.07, 6.45) is 0. The summed E-state index contributed by atoms with van der Waals surface area (Å²) in [7, 11) is 1.81. The fourth-order valence-corrected chi connectivity index (χ4v) is 5.69. The first-order chi connectivity index (χ1) is 17.6. The monoisotopic (exact) mass is 578 g/mol. The molecule has 0 radical (unpaired) electrons. The molecule has 2 amide bonds. The number of hydrogen-bond acceptors (Lipinski definition) is 6. The summed E-state index contributed by atoms with van der Waals surface area (Å²) in [5.74, 6) is -3.23. The van der Waals surface area contributed by atoms with E-state index in [0.29, 0.717) is 27.2 Å². The highest BCUT2D eigenvalue weighted by molar-refractivity contribution is 9.10. The van der Waals surface area contributed by atoms with E-state index in [2.05, 4.69) is 31.5 Å². The molecule has 3 aromatic carbocycles. The first-order valence-corrected chi connectivity index (χ1v) is 12.6. The van der Waals surface area contributed by atoms with Crippen LogP contribution in [0.1, 0.15) is 15.9 Å². The van der Waals surface area contributed by atoms with Gasteiger partial charge in [0.25, 0.3) is 0 Å². The van der Waals surface area contributed by atoms with Gasteiger partial charge in [-0.2, -0.15) is 0 Å². The number of phenols is 1. The standard InChI is InChI=1S/C26H19BrN4O5S/c1-12-16-10-17(25(35)36)20(32)11-19(16)31(2)22(12)13-4-3-5-15(8-13)28-23(33)24(34)30-26-29-18-7-6-14(27)9-21(18)37-26/h3-11,32H,1-2H3,(H,28,33)(H,35,36)(H,29,30,34). The smallest absolute Gasteiger partial charge is 0.339 e. The molecule has 0 aliphatic rings. The van der Waals surface area contributed by atoms with Crippen molar-refractivity contribution in [1.29, 1.82) is 0 Å². The largest absolute Gasteiger partial charge is 0.507 e. The third kappa shape index (κ3) is 4.54.